The van der Waals surface area contributed by atoms with Crippen molar-refractivity contribution in [2.75, 3.05) is 0 Å². The lowest BCUT2D eigenvalue weighted by atomic mass is 9.69. The highest BCUT2D eigenvalue weighted by Gasteiger charge is 2.68. The second-order valence-electron chi connectivity index (χ2n) is 8.43. The molecule has 4 aliphatic rings. The normalized spacial score (nSPS) is 56.6. The van der Waals surface area contributed by atoms with E-state index in [2.05, 4.69) is 20.8 Å². The van der Waals surface area contributed by atoms with Crippen LogP contribution in [0, 0.1) is 40.4 Å². The Morgan fingerprint density at radius 1 is 1.06 bits per heavy atom. The maximum atomic E-state index is 13.0. The van der Waals surface area contributed by atoms with Gasteiger partial charge < -0.3 is 0 Å². The van der Waals surface area contributed by atoms with E-state index in [-0.39, 0.29) is 10.8 Å². The van der Waals surface area contributed by atoms with Crippen LogP contribution in [0.2, 0.25) is 0 Å². The lowest BCUT2D eigenvalue weighted by Crippen LogP contribution is -2.36. The van der Waals surface area contributed by atoms with Crippen LogP contribution >= 0.6 is 0 Å². The fourth-order valence-electron chi connectivity index (χ4n) is 6.38. The maximum Gasteiger partial charge on any atom is 0.142 e. The van der Waals surface area contributed by atoms with Crippen LogP contribution in [0.25, 0.3) is 0 Å². The lowest BCUT2D eigenvalue weighted by molar-refractivity contribution is -0.133. The molecule has 0 aromatic heterocycles. The zero-order valence-corrected chi connectivity index (χ0v) is 12.0. The van der Waals surface area contributed by atoms with E-state index >= 15 is 0 Å². The summed E-state index contributed by atoms with van der Waals surface area (Å²) in [4.78, 5) is 13.0. The Bertz CT molecular complexity index is 410. The standard InChI is InChI=1S/C17H26O/c1-16(2)13-6-7-17(16,3)15(18)14(13)12-9-10-4-5-11(12)8-10/h10-14H,4-9H2,1-3H3. The molecule has 4 fully saturated rings. The van der Waals surface area contributed by atoms with Gasteiger partial charge in [0.1, 0.15) is 5.78 Å². The highest BCUT2D eigenvalue weighted by Crippen LogP contribution is 2.69. The quantitative estimate of drug-likeness (QED) is 0.682. The van der Waals surface area contributed by atoms with E-state index in [0.29, 0.717) is 17.6 Å². The second-order valence-corrected chi connectivity index (χ2v) is 8.43. The highest BCUT2D eigenvalue weighted by atomic mass is 16.1. The van der Waals surface area contributed by atoms with Crippen molar-refractivity contribution in [1.29, 1.82) is 0 Å². The van der Waals surface area contributed by atoms with Gasteiger partial charge in [0.25, 0.3) is 0 Å². The number of carbonyl (C=O) groups is 1. The number of hydrogen-bond acceptors (Lipinski definition) is 1. The molecule has 4 rings (SSSR count). The van der Waals surface area contributed by atoms with Gasteiger partial charge in [0.2, 0.25) is 0 Å². The molecule has 0 radical (unpaired) electrons. The average Bonchev–Trinajstić information content (AvgIpc) is 3.00. The summed E-state index contributed by atoms with van der Waals surface area (Å²) in [7, 11) is 0. The van der Waals surface area contributed by atoms with Crippen molar-refractivity contribution < 1.29 is 4.79 Å². The van der Waals surface area contributed by atoms with Crippen LogP contribution < -0.4 is 0 Å². The molecule has 4 bridgehead atoms. The number of ketones is 1. The maximum absolute atomic E-state index is 13.0. The number of Topliss-reactive ketones (excluding diaryl/α,β-unsaturated/α-hetero) is 1. The molecule has 4 aliphatic carbocycles. The summed E-state index contributed by atoms with van der Waals surface area (Å²) in [6, 6.07) is 0. The van der Waals surface area contributed by atoms with Crippen LogP contribution in [0.3, 0.4) is 0 Å². The van der Waals surface area contributed by atoms with E-state index in [1.54, 1.807) is 0 Å². The Hall–Kier alpha value is -0.330. The summed E-state index contributed by atoms with van der Waals surface area (Å²) in [6.45, 7) is 7.01. The van der Waals surface area contributed by atoms with Gasteiger partial charge in [0.15, 0.2) is 0 Å². The largest absolute Gasteiger partial charge is 0.299 e. The molecule has 18 heavy (non-hydrogen) atoms. The van der Waals surface area contributed by atoms with Crippen molar-refractivity contribution in [3.05, 3.63) is 0 Å². The van der Waals surface area contributed by atoms with Crippen LogP contribution in [0.4, 0.5) is 0 Å². The molecule has 0 spiro atoms. The Morgan fingerprint density at radius 2 is 1.83 bits per heavy atom. The molecule has 0 saturated heterocycles. The first-order chi connectivity index (χ1) is 8.45. The van der Waals surface area contributed by atoms with Crippen molar-refractivity contribution in [1.82, 2.24) is 0 Å². The first-order valence-corrected chi connectivity index (χ1v) is 7.99. The molecule has 4 saturated carbocycles. The minimum atomic E-state index is 0.00413. The predicted molar refractivity (Wildman–Crippen MR) is 72.0 cm³/mol. The fourth-order valence-corrected chi connectivity index (χ4v) is 6.38. The van der Waals surface area contributed by atoms with E-state index in [1.807, 2.05) is 0 Å². The fraction of sp³-hybridized carbons (Fsp3) is 0.941. The minimum absolute atomic E-state index is 0.00413. The third-order valence-corrected chi connectivity index (χ3v) is 7.84. The molecule has 0 N–H and O–H groups in total. The Labute approximate surface area is 111 Å². The summed E-state index contributed by atoms with van der Waals surface area (Å²) in [5.74, 6) is 4.43. The lowest BCUT2D eigenvalue weighted by Gasteiger charge is -2.34. The first kappa shape index (κ1) is 11.5. The number of fused-ring (bicyclic) bond motifs is 4. The van der Waals surface area contributed by atoms with E-state index in [4.69, 9.17) is 0 Å². The zero-order valence-electron chi connectivity index (χ0n) is 12.0. The smallest absolute Gasteiger partial charge is 0.142 e. The molecule has 0 aromatic carbocycles. The molecule has 6 atom stereocenters. The summed E-state index contributed by atoms with van der Waals surface area (Å²) in [5.41, 5.74) is 0.265. The van der Waals surface area contributed by atoms with Gasteiger partial charge in [0, 0.05) is 11.3 Å². The van der Waals surface area contributed by atoms with E-state index in [0.717, 1.165) is 24.2 Å². The van der Waals surface area contributed by atoms with E-state index in [9.17, 15) is 4.79 Å². The molecular formula is C17H26O. The molecule has 100 valence electrons. The van der Waals surface area contributed by atoms with Crippen LogP contribution in [0.5, 0.6) is 0 Å². The summed E-state index contributed by atoms with van der Waals surface area (Å²) < 4.78 is 0. The molecule has 0 amide bonds. The molecule has 0 aromatic rings. The Kier molecular flexibility index (Phi) is 2.05. The van der Waals surface area contributed by atoms with Gasteiger partial charge in [-0.05, 0) is 61.2 Å². The Morgan fingerprint density at radius 3 is 2.33 bits per heavy atom. The van der Waals surface area contributed by atoms with Crippen molar-refractivity contribution in [3.8, 4) is 0 Å². The molecular weight excluding hydrogens is 220 g/mol. The SMILES string of the molecule is CC12CCC(C(C3CC4CCC3C4)C1=O)C2(C)C. The van der Waals surface area contributed by atoms with Gasteiger partial charge >= 0.3 is 0 Å². The summed E-state index contributed by atoms with van der Waals surface area (Å²) in [5, 5.41) is 0. The average molecular weight is 246 g/mol. The third kappa shape index (κ3) is 1.09. The minimum Gasteiger partial charge on any atom is -0.299 e. The van der Waals surface area contributed by atoms with Crippen LogP contribution in [0.15, 0.2) is 0 Å². The Balaban J connectivity index is 1.70. The topological polar surface area (TPSA) is 17.1 Å². The highest BCUT2D eigenvalue weighted by molar-refractivity contribution is 5.92. The predicted octanol–water partition coefficient (Wildman–Crippen LogP) is 4.06. The van der Waals surface area contributed by atoms with Gasteiger partial charge in [-0.3, -0.25) is 4.79 Å². The van der Waals surface area contributed by atoms with Crippen LogP contribution in [-0.2, 0) is 4.79 Å². The zero-order chi connectivity index (χ0) is 12.7. The van der Waals surface area contributed by atoms with Crippen molar-refractivity contribution in [3.63, 3.8) is 0 Å². The summed E-state index contributed by atoms with van der Waals surface area (Å²) in [6.07, 6.45) is 8.16. The van der Waals surface area contributed by atoms with Crippen molar-refractivity contribution >= 4 is 5.78 Å². The molecule has 6 unspecified atom stereocenters. The number of rotatable bonds is 1. The molecule has 0 heterocycles. The van der Waals surface area contributed by atoms with Gasteiger partial charge in [-0.1, -0.05) is 27.2 Å². The van der Waals surface area contributed by atoms with Crippen molar-refractivity contribution in [2.24, 2.45) is 40.4 Å². The van der Waals surface area contributed by atoms with Gasteiger partial charge in [-0.25, -0.2) is 0 Å². The first-order valence-electron chi connectivity index (χ1n) is 7.99. The van der Waals surface area contributed by atoms with E-state index < -0.39 is 0 Å². The van der Waals surface area contributed by atoms with E-state index in [1.165, 1.54) is 32.1 Å². The number of hydrogen-bond donors (Lipinski definition) is 0. The van der Waals surface area contributed by atoms with Gasteiger partial charge in [-0.15, -0.1) is 0 Å². The number of carbonyl (C=O) groups excluding carboxylic acids is 1. The monoisotopic (exact) mass is 246 g/mol. The summed E-state index contributed by atoms with van der Waals surface area (Å²) >= 11 is 0. The van der Waals surface area contributed by atoms with Gasteiger partial charge in [0.05, 0.1) is 0 Å². The molecule has 0 aliphatic heterocycles. The molecule has 1 nitrogen and oxygen atoms in total. The van der Waals surface area contributed by atoms with Gasteiger partial charge in [-0.2, -0.15) is 0 Å². The third-order valence-electron chi connectivity index (χ3n) is 7.84. The molecule has 1 heteroatoms. The van der Waals surface area contributed by atoms with Crippen LogP contribution in [-0.4, -0.2) is 5.78 Å². The van der Waals surface area contributed by atoms with Crippen LogP contribution in [0.1, 0.15) is 59.3 Å². The van der Waals surface area contributed by atoms with Crippen molar-refractivity contribution in [2.45, 2.75) is 59.3 Å². The second kappa shape index (κ2) is 3.22.